The molecule has 3 aromatic rings. The lowest BCUT2D eigenvalue weighted by Gasteiger charge is -2.23. The third kappa shape index (κ3) is 3.87. The first-order valence-corrected chi connectivity index (χ1v) is 11.2. The highest BCUT2D eigenvalue weighted by atomic mass is 32.2. The Balaban J connectivity index is 1.53. The molecule has 0 fully saturated rings. The molecule has 1 heterocycles. The van der Waals surface area contributed by atoms with Gasteiger partial charge in [0.25, 0.3) is 0 Å². The molecule has 1 aromatic heterocycles. The average Bonchev–Trinajstić information content (AvgIpc) is 3.06. The third-order valence-electron chi connectivity index (χ3n) is 5.57. The average molecular weight is 381 g/mol. The highest BCUT2D eigenvalue weighted by Gasteiger charge is 2.25. The van der Waals surface area contributed by atoms with Crippen LogP contribution in [-0.2, 0) is 23.8 Å². The Kier molecular flexibility index (Phi) is 5.46. The fourth-order valence-electron chi connectivity index (χ4n) is 4.05. The predicted molar refractivity (Wildman–Crippen MR) is 113 cm³/mol. The van der Waals surface area contributed by atoms with Gasteiger partial charge in [0.1, 0.15) is 11.0 Å². The lowest BCUT2D eigenvalue weighted by Crippen LogP contribution is -2.27. The smallest absolute Gasteiger partial charge is 0.125 e. The minimum atomic E-state index is -1.20. The van der Waals surface area contributed by atoms with Gasteiger partial charge in [-0.1, -0.05) is 37.1 Å². The van der Waals surface area contributed by atoms with Crippen LogP contribution in [0.1, 0.15) is 61.0 Å². The maximum Gasteiger partial charge on any atom is 0.125 e. The zero-order valence-corrected chi connectivity index (χ0v) is 17.0. The van der Waals surface area contributed by atoms with Crippen LogP contribution in [0.2, 0.25) is 0 Å². The Bertz CT molecular complexity index is 958. The minimum Gasteiger partial charge on any atom is -0.357 e. The molecule has 0 radical (unpaired) electrons. The summed E-state index contributed by atoms with van der Waals surface area (Å²) >= 11 is 0. The molecule has 27 heavy (non-hydrogen) atoms. The molecule has 1 aliphatic rings. The number of aromatic nitrogens is 1. The van der Waals surface area contributed by atoms with Gasteiger partial charge in [0.05, 0.1) is 10.9 Å². The van der Waals surface area contributed by atoms with Crippen molar-refractivity contribution in [2.24, 2.45) is 0 Å². The SMILES string of the molecule is CCCCc1ccc(S(=O)NC2CCCc3c2[nH]c2ccc(C)cc32)cc1. The molecule has 0 spiro atoms. The molecule has 2 unspecified atom stereocenters. The van der Waals surface area contributed by atoms with Crippen molar-refractivity contribution in [1.29, 1.82) is 0 Å². The molecule has 1 aliphatic carbocycles. The van der Waals surface area contributed by atoms with Gasteiger partial charge in [-0.2, -0.15) is 0 Å². The van der Waals surface area contributed by atoms with Crippen molar-refractivity contribution in [2.75, 3.05) is 0 Å². The zero-order valence-electron chi connectivity index (χ0n) is 16.2. The van der Waals surface area contributed by atoms with Gasteiger partial charge in [0.15, 0.2) is 0 Å². The van der Waals surface area contributed by atoms with Gasteiger partial charge < -0.3 is 4.98 Å². The van der Waals surface area contributed by atoms with E-state index >= 15 is 0 Å². The monoisotopic (exact) mass is 380 g/mol. The van der Waals surface area contributed by atoms with Gasteiger partial charge in [-0.3, -0.25) is 0 Å². The van der Waals surface area contributed by atoms with E-state index < -0.39 is 11.0 Å². The summed E-state index contributed by atoms with van der Waals surface area (Å²) in [4.78, 5) is 4.44. The van der Waals surface area contributed by atoms with Gasteiger partial charge in [0, 0.05) is 16.6 Å². The van der Waals surface area contributed by atoms with E-state index in [0.29, 0.717) is 0 Å². The van der Waals surface area contributed by atoms with Crippen LogP contribution in [0.25, 0.3) is 10.9 Å². The summed E-state index contributed by atoms with van der Waals surface area (Å²) in [5.74, 6) is 0. The highest BCUT2D eigenvalue weighted by molar-refractivity contribution is 7.83. The Hall–Kier alpha value is -1.91. The summed E-state index contributed by atoms with van der Waals surface area (Å²) < 4.78 is 16.3. The maximum absolute atomic E-state index is 12.9. The second-order valence-electron chi connectivity index (χ2n) is 7.65. The molecule has 142 valence electrons. The number of aromatic amines is 1. The number of hydrogen-bond acceptors (Lipinski definition) is 1. The van der Waals surface area contributed by atoms with Crippen LogP contribution in [0.15, 0.2) is 47.4 Å². The quantitative estimate of drug-likeness (QED) is 0.582. The van der Waals surface area contributed by atoms with Crippen molar-refractivity contribution < 1.29 is 4.21 Å². The van der Waals surface area contributed by atoms with Crippen LogP contribution in [0.3, 0.4) is 0 Å². The number of fused-ring (bicyclic) bond motifs is 3. The van der Waals surface area contributed by atoms with Gasteiger partial charge in [-0.05, 0) is 74.4 Å². The van der Waals surface area contributed by atoms with E-state index in [2.05, 4.69) is 53.9 Å². The van der Waals surface area contributed by atoms with Crippen molar-refractivity contribution in [2.45, 2.75) is 63.3 Å². The zero-order chi connectivity index (χ0) is 18.8. The van der Waals surface area contributed by atoms with Crippen molar-refractivity contribution in [1.82, 2.24) is 9.71 Å². The molecule has 4 rings (SSSR count). The van der Waals surface area contributed by atoms with Crippen LogP contribution >= 0.6 is 0 Å². The number of hydrogen-bond donors (Lipinski definition) is 2. The van der Waals surface area contributed by atoms with Crippen LogP contribution < -0.4 is 4.72 Å². The minimum absolute atomic E-state index is 0.113. The van der Waals surface area contributed by atoms with E-state index in [0.717, 1.165) is 30.6 Å². The molecule has 2 N–H and O–H groups in total. The van der Waals surface area contributed by atoms with E-state index in [9.17, 15) is 4.21 Å². The molecule has 0 saturated carbocycles. The Morgan fingerprint density at radius 2 is 2.00 bits per heavy atom. The van der Waals surface area contributed by atoms with Crippen LogP contribution in [0, 0.1) is 6.92 Å². The van der Waals surface area contributed by atoms with E-state index in [-0.39, 0.29) is 6.04 Å². The van der Waals surface area contributed by atoms with Gasteiger partial charge in [-0.15, -0.1) is 0 Å². The Labute approximate surface area is 164 Å². The lowest BCUT2D eigenvalue weighted by atomic mass is 9.92. The standard InChI is InChI=1S/C23H28N2OS/c1-3-4-6-17-10-12-18(13-11-17)27(26)25-22-8-5-7-19-20-15-16(2)9-14-21(20)24-23(19)22/h9-15,22,24-25H,3-8H2,1-2H3. The second kappa shape index (κ2) is 7.99. The van der Waals surface area contributed by atoms with Crippen molar-refractivity contribution in [3.8, 4) is 0 Å². The van der Waals surface area contributed by atoms with Crippen LogP contribution in [-0.4, -0.2) is 9.19 Å². The summed E-state index contributed by atoms with van der Waals surface area (Å²) in [7, 11) is -1.20. The van der Waals surface area contributed by atoms with E-state index in [1.54, 1.807) is 0 Å². The van der Waals surface area contributed by atoms with Gasteiger partial charge >= 0.3 is 0 Å². The van der Waals surface area contributed by atoms with E-state index in [1.807, 2.05) is 12.1 Å². The molecular weight excluding hydrogens is 352 g/mol. The summed E-state index contributed by atoms with van der Waals surface area (Å²) in [6, 6.07) is 14.9. The summed E-state index contributed by atoms with van der Waals surface area (Å²) in [5, 5.41) is 1.32. The predicted octanol–water partition coefficient (Wildman–Crippen LogP) is 5.51. The lowest BCUT2D eigenvalue weighted by molar-refractivity contribution is 0.524. The van der Waals surface area contributed by atoms with E-state index in [4.69, 9.17) is 0 Å². The van der Waals surface area contributed by atoms with Crippen LogP contribution in [0.5, 0.6) is 0 Å². The first-order chi connectivity index (χ1) is 13.2. The number of rotatable bonds is 6. The third-order valence-corrected chi connectivity index (χ3v) is 6.77. The molecule has 0 amide bonds. The fourth-order valence-corrected chi connectivity index (χ4v) is 5.07. The molecule has 2 aromatic carbocycles. The fraction of sp³-hybridized carbons (Fsp3) is 0.391. The largest absolute Gasteiger partial charge is 0.357 e. The Morgan fingerprint density at radius 3 is 2.78 bits per heavy atom. The topological polar surface area (TPSA) is 44.9 Å². The van der Waals surface area contributed by atoms with Crippen molar-refractivity contribution in [3.05, 3.63) is 64.8 Å². The summed E-state index contributed by atoms with van der Waals surface area (Å²) in [6.45, 7) is 4.34. The molecular formula is C23H28N2OS. The number of H-pyrrole nitrogens is 1. The van der Waals surface area contributed by atoms with Crippen molar-refractivity contribution in [3.63, 3.8) is 0 Å². The van der Waals surface area contributed by atoms with Gasteiger partial charge in [0.2, 0.25) is 0 Å². The van der Waals surface area contributed by atoms with Gasteiger partial charge in [-0.25, -0.2) is 8.93 Å². The molecule has 2 atom stereocenters. The van der Waals surface area contributed by atoms with Crippen molar-refractivity contribution >= 4 is 21.9 Å². The molecule has 0 aliphatic heterocycles. The second-order valence-corrected chi connectivity index (χ2v) is 8.89. The number of benzene rings is 2. The van der Waals surface area contributed by atoms with E-state index in [1.165, 1.54) is 46.1 Å². The van der Waals surface area contributed by atoms with Crippen LogP contribution in [0.4, 0.5) is 0 Å². The first-order valence-electron chi connectivity index (χ1n) is 10.0. The molecule has 3 nitrogen and oxygen atoms in total. The molecule has 0 saturated heterocycles. The summed E-state index contributed by atoms with van der Waals surface area (Å²) in [5.41, 5.74) is 6.40. The summed E-state index contributed by atoms with van der Waals surface area (Å²) in [6.07, 6.45) is 6.72. The number of nitrogens with one attached hydrogen (secondary N) is 2. The Morgan fingerprint density at radius 1 is 1.19 bits per heavy atom. The molecule has 4 heteroatoms. The number of unbranched alkanes of at least 4 members (excludes halogenated alkanes) is 1. The number of aryl methyl sites for hydroxylation is 3. The highest BCUT2D eigenvalue weighted by Crippen LogP contribution is 2.35. The maximum atomic E-state index is 12.9. The normalized spacial score (nSPS) is 17.8. The molecule has 0 bridgehead atoms. The first kappa shape index (κ1) is 18.5.